The molecule has 0 saturated heterocycles. The zero-order valence-corrected chi connectivity index (χ0v) is 20.3. The van der Waals surface area contributed by atoms with Crippen molar-refractivity contribution in [3.8, 4) is 23.3 Å². The van der Waals surface area contributed by atoms with Crippen molar-refractivity contribution >= 4 is 35.1 Å². The fourth-order valence-corrected chi connectivity index (χ4v) is 4.12. The fourth-order valence-electron chi connectivity index (χ4n) is 3.66. The van der Waals surface area contributed by atoms with E-state index < -0.39 is 24.5 Å². The van der Waals surface area contributed by atoms with Gasteiger partial charge in [-0.1, -0.05) is 41.4 Å². The van der Waals surface area contributed by atoms with Gasteiger partial charge in [0.05, 0.1) is 23.6 Å². The van der Waals surface area contributed by atoms with Gasteiger partial charge in [0.15, 0.2) is 6.61 Å². The molecule has 0 saturated carbocycles. The van der Waals surface area contributed by atoms with Crippen LogP contribution in [0.2, 0.25) is 10.0 Å². The smallest absolute Gasteiger partial charge is 0.349 e. The summed E-state index contributed by atoms with van der Waals surface area (Å²) in [5, 5.41) is 10.4. The van der Waals surface area contributed by atoms with Crippen LogP contribution in [-0.4, -0.2) is 25.7 Å². The Kier molecular flexibility index (Phi) is 7.34. The molecule has 0 bridgehead atoms. The van der Waals surface area contributed by atoms with E-state index in [2.05, 4.69) is 6.07 Å². The van der Waals surface area contributed by atoms with E-state index in [-0.39, 0.29) is 28.0 Å². The van der Waals surface area contributed by atoms with E-state index in [1.165, 1.54) is 19.2 Å². The van der Waals surface area contributed by atoms with Gasteiger partial charge in [-0.2, -0.15) is 5.26 Å². The second kappa shape index (κ2) is 10.6. The predicted molar refractivity (Wildman–Crippen MR) is 131 cm³/mol. The molecule has 0 fully saturated rings. The van der Waals surface area contributed by atoms with Crippen LogP contribution >= 0.6 is 23.2 Å². The Morgan fingerprint density at radius 3 is 2.50 bits per heavy atom. The summed E-state index contributed by atoms with van der Waals surface area (Å²) in [6.45, 7) is -0.394. The molecule has 3 aromatic rings. The Bertz CT molecular complexity index is 1410. The largest absolute Gasteiger partial charge is 0.480 e. The van der Waals surface area contributed by atoms with Crippen LogP contribution in [0.4, 0.5) is 0 Å². The van der Waals surface area contributed by atoms with Crippen LogP contribution in [0, 0.1) is 11.3 Å². The number of fused-ring (bicyclic) bond motifs is 1. The molecule has 4 rings (SSSR count). The average Bonchev–Trinajstić information content (AvgIpc) is 2.87. The predicted octanol–water partition coefficient (Wildman–Crippen LogP) is 4.98. The molecule has 10 heteroatoms. The molecule has 0 aromatic heterocycles. The number of benzene rings is 3. The van der Waals surface area contributed by atoms with Crippen molar-refractivity contribution in [2.24, 2.45) is 5.73 Å². The van der Waals surface area contributed by atoms with Gasteiger partial charge in [0.1, 0.15) is 28.9 Å². The minimum atomic E-state index is -0.673. The van der Waals surface area contributed by atoms with E-state index in [9.17, 15) is 14.9 Å². The summed E-state index contributed by atoms with van der Waals surface area (Å²) in [4.78, 5) is 24.1. The SMILES string of the molecule is COC(=O)c1ccc(C2C(C#N)=C(N)Oc3cc(OC(=O)COc4ccc(Cl)cc4Cl)ccc32)cc1. The van der Waals surface area contributed by atoms with Crippen molar-refractivity contribution in [1.82, 2.24) is 0 Å². The summed E-state index contributed by atoms with van der Waals surface area (Å²) >= 11 is 11.9. The molecule has 0 amide bonds. The first-order valence-electron chi connectivity index (χ1n) is 10.5. The first-order chi connectivity index (χ1) is 17.3. The van der Waals surface area contributed by atoms with E-state index >= 15 is 0 Å². The maximum Gasteiger partial charge on any atom is 0.349 e. The maximum atomic E-state index is 12.3. The first-order valence-corrected chi connectivity index (χ1v) is 11.2. The van der Waals surface area contributed by atoms with E-state index in [0.29, 0.717) is 27.5 Å². The van der Waals surface area contributed by atoms with Crippen molar-refractivity contribution in [2.75, 3.05) is 13.7 Å². The second-order valence-electron chi connectivity index (χ2n) is 7.58. The van der Waals surface area contributed by atoms with Crippen LogP contribution in [0.15, 0.2) is 72.1 Å². The Labute approximate surface area is 216 Å². The summed E-state index contributed by atoms with van der Waals surface area (Å²) in [6, 6.07) is 18.1. The highest BCUT2D eigenvalue weighted by Gasteiger charge is 2.31. The summed E-state index contributed by atoms with van der Waals surface area (Å²) in [6.07, 6.45) is 0. The van der Waals surface area contributed by atoms with Gasteiger partial charge in [0.2, 0.25) is 5.88 Å². The lowest BCUT2D eigenvalue weighted by atomic mass is 9.83. The van der Waals surface area contributed by atoms with Gasteiger partial charge in [0.25, 0.3) is 0 Å². The molecule has 36 heavy (non-hydrogen) atoms. The van der Waals surface area contributed by atoms with E-state index in [1.54, 1.807) is 48.5 Å². The van der Waals surface area contributed by atoms with Crippen LogP contribution in [0.5, 0.6) is 17.2 Å². The topological polar surface area (TPSA) is 121 Å². The van der Waals surface area contributed by atoms with Crippen molar-refractivity contribution in [3.63, 3.8) is 0 Å². The molecular weight excluding hydrogens is 507 g/mol. The molecule has 1 atom stereocenters. The van der Waals surface area contributed by atoms with Gasteiger partial charge >= 0.3 is 11.9 Å². The second-order valence-corrected chi connectivity index (χ2v) is 8.42. The lowest BCUT2D eigenvalue weighted by molar-refractivity contribution is -0.136. The number of rotatable bonds is 6. The van der Waals surface area contributed by atoms with Crippen LogP contribution in [0.25, 0.3) is 0 Å². The molecule has 8 nitrogen and oxygen atoms in total. The number of nitrogens with zero attached hydrogens (tertiary/aromatic N) is 1. The number of nitriles is 1. The third-order valence-corrected chi connectivity index (χ3v) is 5.86. The van der Waals surface area contributed by atoms with Crippen molar-refractivity contribution in [1.29, 1.82) is 5.26 Å². The lowest BCUT2D eigenvalue weighted by Crippen LogP contribution is -2.22. The number of methoxy groups -OCH3 is 1. The standard InChI is InChI=1S/C26H18Cl2N2O6/c1-33-26(32)15-4-2-14(3-5-15)24-18-8-7-17(11-22(18)36-25(30)19(24)12-29)35-23(31)13-34-21-9-6-16(27)10-20(21)28/h2-11,24H,13,30H2,1H3. The highest BCUT2D eigenvalue weighted by atomic mass is 35.5. The number of halogens is 2. The minimum absolute atomic E-state index is 0.0729. The average molecular weight is 525 g/mol. The zero-order chi connectivity index (χ0) is 25.8. The monoisotopic (exact) mass is 524 g/mol. The zero-order valence-electron chi connectivity index (χ0n) is 18.8. The van der Waals surface area contributed by atoms with Crippen LogP contribution < -0.4 is 19.9 Å². The van der Waals surface area contributed by atoms with Crippen molar-refractivity contribution < 1.29 is 28.5 Å². The number of carbonyl (C=O) groups excluding carboxylic acids is 2. The van der Waals surface area contributed by atoms with Crippen LogP contribution in [0.3, 0.4) is 0 Å². The summed E-state index contributed by atoms with van der Waals surface area (Å²) in [5.41, 5.74) is 7.96. The molecule has 0 radical (unpaired) electrons. The van der Waals surface area contributed by atoms with Gasteiger partial charge in [-0.25, -0.2) is 9.59 Å². The molecule has 182 valence electrons. The molecular formula is C26H18Cl2N2O6. The number of carbonyl (C=O) groups is 2. The van der Waals surface area contributed by atoms with E-state index in [0.717, 1.165) is 0 Å². The molecule has 1 aliphatic heterocycles. The highest BCUT2D eigenvalue weighted by molar-refractivity contribution is 6.35. The molecule has 0 aliphatic carbocycles. The number of hydrogen-bond donors (Lipinski definition) is 1. The Morgan fingerprint density at radius 1 is 1.08 bits per heavy atom. The molecule has 0 spiro atoms. The van der Waals surface area contributed by atoms with Gasteiger partial charge in [-0.15, -0.1) is 0 Å². The molecule has 2 N–H and O–H groups in total. The first kappa shape index (κ1) is 24.9. The number of hydrogen-bond acceptors (Lipinski definition) is 8. The molecule has 1 aliphatic rings. The van der Waals surface area contributed by atoms with Gasteiger partial charge in [-0.3, -0.25) is 0 Å². The normalized spacial score (nSPS) is 14.2. The lowest BCUT2D eigenvalue weighted by Gasteiger charge is -2.26. The Balaban J connectivity index is 1.54. The Morgan fingerprint density at radius 2 is 1.83 bits per heavy atom. The van der Waals surface area contributed by atoms with Crippen molar-refractivity contribution in [2.45, 2.75) is 5.92 Å². The maximum absolute atomic E-state index is 12.3. The summed E-state index contributed by atoms with van der Waals surface area (Å²) in [7, 11) is 1.30. The van der Waals surface area contributed by atoms with Gasteiger partial charge in [0, 0.05) is 16.7 Å². The van der Waals surface area contributed by atoms with Gasteiger partial charge in [-0.05, 0) is 42.0 Å². The summed E-state index contributed by atoms with van der Waals surface area (Å²) in [5.74, 6) is -0.971. The molecule has 1 heterocycles. The highest BCUT2D eigenvalue weighted by Crippen LogP contribution is 2.43. The van der Waals surface area contributed by atoms with Crippen LogP contribution in [0.1, 0.15) is 27.4 Å². The van der Waals surface area contributed by atoms with Gasteiger partial charge < -0.3 is 24.7 Å². The van der Waals surface area contributed by atoms with Crippen LogP contribution in [-0.2, 0) is 9.53 Å². The molecule has 1 unspecified atom stereocenters. The third-order valence-electron chi connectivity index (χ3n) is 5.33. The summed E-state index contributed by atoms with van der Waals surface area (Å²) < 4.78 is 21.1. The minimum Gasteiger partial charge on any atom is -0.480 e. The number of ether oxygens (including phenoxy) is 4. The Hall–Kier alpha value is -4.19. The fraction of sp³-hybridized carbons (Fsp3) is 0.115. The quantitative estimate of drug-likeness (QED) is 0.353. The molecule has 3 aromatic carbocycles. The number of esters is 2. The van der Waals surface area contributed by atoms with Crippen molar-refractivity contribution in [3.05, 3.63) is 98.9 Å². The number of nitrogens with two attached hydrogens (primary N) is 1. The third kappa shape index (κ3) is 5.23. The van der Waals surface area contributed by atoms with E-state index in [4.69, 9.17) is 47.9 Å². The van der Waals surface area contributed by atoms with E-state index in [1.807, 2.05) is 0 Å². The number of allylic oxidation sites excluding steroid dienone is 1.